The second kappa shape index (κ2) is 14.0. The van der Waals surface area contributed by atoms with Crippen LogP contribution in [0.4, 0.5) is 4.79 Å². The number of nitrogens with zero attached hydrogens (tertiary/aromatic N) is 2. The van der Waals surface area contributed by atoms with Crippen LogP contribution in [0, 0.1) is 6.92 Å². The normalized spacial score (nSPS) is 16.3. The maximum Gasteiger partial charge on any atom is 0.410 e. The van der Waals surface area contributed by atoms with Crippen molar-refractivity contribution in [3.8, 4) is 5.75 Å². The molecule has 3 amide bonds. The van der Waals surface area contributed by atoms with Gasteiger partial charge < -0.3 is 19.7 Å². The zero-order valence-electron chi connectivity index (χ0n) is 24.6. The lowest BCUT2D eigenvalue weighted by Gasteiger charge is -2.42. The number of benzene rings is 3. The third-order valence-corrected chi connectivity index (χ3v) is 7.73. The van der Waals surface area contributed by atoms with E-state index < -0.39 is 23.4 Å². The number of likely N-dealkylation sites (tertiary alicyclic amines) is 1. The smallest absolute Gasteiger partial charge is 0.410 e. The van der Waals surface area contributed by atoms with E-state index in [0.29, 0.717) is 43.7 Å². The standard InChI is InChI=1S/C34H36N4O6/c1-24-20-27(29-10-5-6-11-30(29)35-24)16-19-43-28-14-12-26(13-15-28)32(40)36-34(21-31(39)37-42)17-7-18-38(23-34)33(41)44-22-25-8-3-2-4-9-25/h2-6,8-15,20,42H,7,16-19,21-23H2,1H3,(H,36,40)(H,37,39). The molecule has 228 valence electrons. The van der Waals surface area contributed by atoms with Crippen LogP contribution in [0.5, 0.6) is 5.75 Å². The first-order chi connectivity index (χ1) is 21.3. The van der Waals surface area contributed by atoms with E-state index in [1.807, 2.05) is 55.5 Å². The van der Waals surface area contributed by atoms with Crippen molar-refractivity contribution in [1.82, 2.24) is 20.7 Å². The molecule has 0 spiro atoms. The summed E-state index contributed by atoms with van der Waals surface area (Å²) in [6.45, 7) is 3.02. The Bertz CT molecular complexity index is 1610. The van der Waals surface area contributed by atoms with Crippen molar-refractivity contribution in [2.75, 3.05) is 19.7 Å². The summed E-state index contributed by atoms with van der Waals surface area (Å²) < 4.78 is 11.5. The highest BCUT2D eigenvalue weighted by molar-refractivity contribution is 5.95. The van der Waals surface area contributed by atoms with Crippen LogP contribution in [0.25, 0.3) is 10.9 Å². The zero-order chi connectivity index (χ0) is 30.9. The van der Waals surface area contributed by atoms with Crippen LogP contribution >= 0.6 is 0 Å². The lowest BCUT2D eigenvalue weighted by atomic mass is 9.85. The van der Waals surface area contributed by atoms with Crippen molar-refractivity contribution in [2.45, 2.75) is 44.8 Å². The van der Waals surface area contributed by atoms with Crippen molar-refractivity contribution in [2.24, 2.45) is 0 Å². The van der Waals surface area contributed by atoms with Crippen molar-refractivity contribution in [3.63, 3.8) is 0 Å². The molecule has 1 aromatic heterocycles. The molecule has 0 saturated carbocycles. The third-order valence-electron chi connectivity index (χ3n) is 7.73. The van der Waals surface area contributed by atoms with E-state index in [2.05, 4.69) is 22.4 Å². The molecule has 44 heavy (non-hydrogen) atoms. The van der Waals surface area contributed by atoms with Crippen molar-refractivity contribution < 1.29 is 29.1 Å². The molecule has 3 N–H and O–H groups in total. The van der Waals surface area contributed by atoms with Crippen molar-refractivity contribution in [1.29, 1.82) is 0 Å². The highest BCUT2D eigenvalue weighted by Gasteiger charge is 2.41. The number of para-hydroxylation sites is 1. The van der Waals surface area contributed by atoms with Gasteiger partial charge in [0.1, 0.15) is 12.4 Å². The van der Waals surface area contributed by atoms with Crippen LogP contribution < -0.4 is 15.5 Å². The average Bonchev–Trinajstić information content (AvgIpc) is 3.04. The first kappa shape index (κ1) is 30.5. The first-order valence-electron chi connectivity index (χ1n) is 14.6. The topological polar surface area (TPSA) is 130 Å². The molecule has 1 saturated heterocycles. The number of rotatable bonds is 10. The maximum absolute atomic E-state index is 13.4. The van der Waals surface area contributed by atoms with Gasteiger partial charge in [0.2, 0.25) is 5.91 Å². The minimum absolute atomic E-state index is 0.0597. The van der Waals surface area contributed by atoms with Gasteiger partial charge in [-0.25, -0.2) is 10.3 Å². The number of aryl methyl sites for hydroxylation is 1. The van der Waals surface area contributed by atoms with Gasteiger partial charge in [-0.05, 0) is 67.3 Å². The highest BCUT2D eigenvalue weighted by Crippen LogP contribution is 2.27. The molecular weight excluding hydrogens is 560 g/mol. The van der Waals surface area contributed by atoms with E-state index in [4.69, 9.17) is 9.47 Å². The number of ether oxygens (including phenoxy) is 2. The lowest BCUT2D eigenvalue weighted by Crippen LogP contribution is -2.61. The summed E-state index contributed by atoms with van der Waals surface area (Å²) in [5.41, 5.74) is 4.85. The molecular formula is C34H36N4O6. The van der Waals surface area contributed by atoms with E-state index in [0.717, 1.165) is 27.7 Å². The van der Waals surface area contributed by atoms with Gasteiger partial charge in [-0.15, -0.1) is 0 Å². The summed E-state index contributed by atoms with van der Waals surface area (Å²) in [6, 6.07) is 26.2. The Balaban J connectivity index is 1.20. The average molecular weight is 597 g/mol. The number of aromatic nitrogens is 1. The van der Waals surface area contributed by atoms with Gasteiger partial charge in [0.25, 0.3) is 5.91 Å². The second-order valence-electron chi connectivity index (χ2n) is 11.1. The fourth-order valence-electron chi connectivity index (χ4n) is 5.63. The summed E-state index contributed by atoms with van der Waals surface area (Å²) in [5, 5.41) is 13.3. The molecule has 2 heterocycles. The molecule has 0 bridgehead atoms. The van der Waals surface area contributed by atoms with E-state index in [-0.39, 0.29) is 19.6 Å². The number of fused-ring (bicyclic) bond motifs is 1. The number of piperidine rings is 1. The number of hydroxylamine groups is 1. The Hall–Kier alpha value is -4.96. The third kappa shape index (κ3) is 7.70. The highest BCUT2D eigenvalue weighted by atomic mass is 16.6. The van der Waals surface area contributed by atoms with Gasteiger partial charge in [0.05, 0.1) is 24.1 Å². The molecule has 1 atom stereocenters. The van der Waals surface area contributed by atoms with Gasteiger partial charge in [-0.2, -0.15) is 0 Å². The van der Waals surface area contributed by atoms with Gasteiger partial charge >= 0.3 is 6.09 Å². The summed E-state index contributed by atoms with van der Waals surface area (Å²) in [5.74, 6) is -0.442. The zero-order valence-corrected chi connectivity index (χ0v) is 24.6. The van der Waals surface area contributed by atoms with Gasteiger partial charge in [0.15, 0.2) is 0 Å². The molecule has 4 aromatic rings. The van der Waals surface area contributed by atoms with Crippen molar-refractivity contribution in [3.05, 3.63) is 107 Å². The molecule has 1 fully saturated rings. The van der Waals surface area contributed by atoms with Crippen LogP contribution in [0.1, 0.15) is 46.4 Å². The summed E-state index contributed by atoms with van der Waals surface area (Å²) in [4.78, 5) is 44.6. The Morgan fingerprint density at radius 3 is 2.52 bits per heavy atom. The first-order valence-corrected chi connectivity index (χ1v) is 14.6. The quantitative estimate of drug-likeness (QED) is 0.174. The van der Waals surface area contributed by atoms with E-state index in [1.54, 1.807) is 29.7 Å². The minimum atomic E-state index is -1.09. The molecule has 10 heteroatoms. The van der Waals surface area contributed by atoms with Crippen LogP contribution in [-0.2, 0) is 22.6 Å². The molecule has 10 nitrogen and oxygen atoms in total. The largest absolute Gasteiger partial charge is 0.493 e. The summed E-state index contributed by atoms with van der Waals surface area (Å²) >= 11 is 0. The Kier molecular flexibility index (Phi) is 9.71. The van der Waals surface area contributed by atoms with E-state index in [9.17, 15) is 19.6 Å². The lowest BCUT2D eigenvalue weighted by molar-refractivity contribution is -0.131. The van der Waals surface area contributed by atoms with Crippen LogP contribution in [0.15, 0.2) is 84.9 Å². The number of carbonyl (C=O) groups is 3. The Morgan fingerprint density at radius 2 is 1.75 bits per heavy atom. The molecule has 1 unspecified atom stereocenters. The molecule has 1 aliphatic rings. The van der Waals surface area contributed by atoms with Crippen LogP contribution in [-0.4, -0.2) is 58.2 Å². The maximum atomic E-state index is 13.4. The Labute approximate surface area is 256 Å². The number of carbonyl (C=O) groups excluding carboxylic acids is 3. The predicted octanol–water partition coefficient (Wildman–Crippen LogP) is 4.96. The number of hydrogen-bond acceptors (Lipinski definition) is 7. The van der Waals surface area contributed by atoms with Crippen LogP contribution in [0.3, 0.4) is 0 Å². The Morgan fingerprint density at radius 1 is 1.00 bits per heavy atom. The van der Waals surface area contributed by atoms with Gasteiger partial charge in [-0.3, -0.25) is 19.8 Å². The second-order valence-corrected chi connectivity index (χ2v) is 11.1. The molecule has 3 aromatic carbocycles. The van der Waals surface area contributed by atoms with E-state index in [1.165, 1.54) is 4.90 Å². The minimum Gasteiger partial charge on any atom is -0.493 e. The van der Waals surface area contributed by atoms with Crippen LogP contribution in [0.2, 0.25) is 0 Å². The fraction of sp³-hybridized carbons (Fsp3) is 0.294. The van der Waals surface area contributed by atoms with E-state index >= 15 is 0 Å². The summed E-state index contributed by atoms with van der Waals surface area (Å²) in [7, 11) is 0. The van der Waals surface area contributed by atoms with Crippen molar-refractivity contribution >= 4 is 28.8 Å². The predicted molar refractivity (Wildman–Crippen MR) is 164 cm³/mol. The fourth-order valence-corrected chi connectivity index (χ4v) is 5.63. The monoisotopic (exact) mass is 596 g/mol. The molecule has 1 aliphatic heterocycles. The number of nitrogens with one attached hydrogen (secondary N) is 2. The molecule has 0 radical (unpaired) electrons. The number of amides is 3. The van der Waals surface area contributed by atoms with Gasteiger partial charge in [-0.1, -0.05) is 48.5 Å². The SMILES string of the molecule is Cc1cc(CCOc2ccc(C(=O)NC3(CC(=O)NO)CCCN(C(=O)OCc4ccccc4)C3)cc2)c2ccccc2n1. The summed E-state index contributed by atoms with van der Waals surface area (Å²) in [6.07, 6.45) is 0.943. The van der Waals surface area contributed by atoms with Gasteiger partial charge in [0, 0.05) is 36.2 Å². The number of hydrogen-bond donors (Lipinski definition) is 3. The molecule has 5 rings (SSSR count). The molecule has 0 aliphatic carbocycles. The number of pyridine rings is 1.